The molecule has 0 heterocycles. The van der Waals surface area contributed by atoms with Gasteiger partial charge in [0.2, 0.25) is 0 Å². The topological polar surface area (TPSA) is 37.4 Å². The molecule has 1 fully saturated rings. The molecule has 0 bridgehead atoms. The van der Waals surface area contributed by atoms with Crippen LogP contribution in [0.4, 0.5) is 5.69 Å². The van der Waals surface area contributed by atoms with Crippen LogP contribution in [0.15, 0.2) is 29.2 Å². The molecule has 3 nitrogen and oxygen atoms in total. The summed E-state index contributed by atoms with van der Waals surface area (Å²) in [5, 5.41) is 0.853. The van der Waals surface area contributed by atoms with Crippen LogP contribution in [0.2, 0.25) is 0 Å². The van der Waals surface area contributed by atoms with Crippen LogP contribution < -0.4 is 4.90 Å². The van der Waals surface area contributed by atoms with E-state index in [1.807, 2.05) is 25.1 Å². The first-order chi connectivity index (χ1) is 10.1. The number of benzene rings is 1. The Morgan fingerprint density at radius 3 is 2.52 bits per heavy atom. The van der Waals surface area contributed by atoms with E-state index in [9.17, 15) is 8.42 Å². The fourth-order valence-corrected chi connectivity index (χ4v) is 5.07. The minimum absolute atomic E-state index is 0.219. The van der Waals surface area contributed by atoms with E-state index in [1.165, 1.54) is 12.8 Å². The SMILES string of the molecule is CCCS(=O)(=O)c1ccccc1N(CCBr)C1CCCC1. The smallest absolute Gasteiger partial charge is 0.180 e. The molecule has 118 valence electrons. The summed E-state index contributed by atoms with van der Waals surface area (Å²) in [6, 6.07) is 7.96. The van der Waals surface area contributed by atoms with Crippen molar-refractivity contribution in [3.05, 3.63) is 24.3 Å². The molecule has 1 aliphatic rings. The highest BCUT2D eigenvalue weighted by atomic mass is 79.9. The van der Waals surface area contributed by atoms with E-state index in [1.54, 1.807) is 6.07 Å². The molecule has 1 aliphatic carbocycles. The van der Waals surface area contributed by atoms with E-state index in [4.69, 9.17) is 0 Å². The highest BCUT2D eigenvalue weighted by Crippen LogP contribution is 2.33. The van der Waals surface area contributed by atoms with Crippen molar-refractivity contribution in [3.8, 4) is 0 Å². The third-order valence-electron chi connectivity index (χ3n) is 4.07. The molecule has 21 heavy (non-hydrogen) atoms. The van der Waals surface area contributed by atoms with Crippen LogP contribution >= 0.6 is 15.9 Å². The van der Waals surface area contributed by atoms with Crippen LogP contribution in [0, 0.1) is 0 Å². The number of rotatable bonds is 7. The van der Waals surface area contributed by atoms with Crippen LogP contribution in [0.5, 0.6) is 0 Å². The molecule has 1 aromatic rings. The predicted molar refractivity (Wildman–Crippen MR) is 92.2 cm³/mol. The van der Waals surface area contributed by atoms with Crippen molar-refractivity contribution >= 4 is 31.5 Å². The first kappa shape index (κ1) is 16.8. The molecule has 0 aliphatic heterocycles. The summed E-state index contributed by atoms with van der Waals surface area (Å²) in [4.78, 5) is 2.80. The van der Waals surface area contributed by atoms with Gasteiger partial charge in [0.25, 0.3) is 0 Å². The second-order valence-electron chi connectivity index (χ2n) is 5.61. The molecule has 1 aromatic carbocycles. The van der Waals surface area contributed by atoms with Crippen molar-refractivity contribution in [1.29, 1.82) is 0 Å². The number of anilines is 1. The number of hydrogen-bond acceptors (Lipinski definition) is 3. The summed E-state index contributed by atoms with van der Waals surface area (Å²) in [5.74, 6) is 0.219. The van der Waals surface area contributed by atoms with E-state index in [2.05, 4.69) is 20.8 Å². The maximum atomic E-state index is 12.5. The average molecular weight is 374 g/mol. The number of para-hydroxylation sites is 1. The quantitative estimate of drug-likeness (QED) is 0.677. The van der Waals surface area contributed by atoms with Gasteiger partial charge in [-0.15, -0.1) is 0 Å². The maximum Gasteiger partial charge on any atom is 0.180 e. The molecular formula is C16H24BrNO2S. The lowest BCUT2D eigenvalue weighted by Crippen LogP contribution is -2.36. The van der Waals surface area contributed by atoms with Crippen LogP contribution in [-0.4, -0.2) is 32.1 Å². The fourth-order valence-electron chi connectivity index (χ4n) is 3.14. The van der Waals surface area contributed by atoms with Gasteiger partial charge in [-0.25, -0.2) is 8.42 Å². The first-order valence-electron chi connectivity index (χ1n) is 7.74. The number of alkyl halides is 1. The summed E-state index contributed by atoms with van der Waals surface area (Å²) >= 11 is 3.51. The van der Waals surface area contributed by atoms with E-state index < -0.39 is 9.84 Å². The molecule has 0 unspecified atom stereocenters. The molecule has 0 spiro atoms. The van der Waals surface area contributed by atoms with Crippen molar-refractivity contribution in [2.24, 2.45) is 0 Å². The lowest BCUT2D eigenvalue weighted by atomic mass is 10.2. The Labute approximate surface area is 136 Å². The van der Waals surface area contributed by atoms with Crippen LogP contribution in [0.3, 0.4) is 0 Å². The minimum Gasteiger partial charge on any atom is -0.367 e. The fraction of sp³-hybridized carbons (Fsp3) is 0.625. The van der Waals surface area contributed by atoms with Crippen molar-refractivity contribution in [2.75, 3.05) is 22.5 Å². The van der Waals surface area contributed by atoms with Crippen molar-refractivity contribution in [3.63, 3.8) is 0 Å². The standard InChI is InChI=1S/C16H24BrNO2S/c1-2-13-21(19,20)16-10-6-5-9-15(16)18(12-11-17)14-7-3-4-8-14/h5-6,9-10,14H,2-4,7-8,11-13H2,1H3. The Hall–Kier alpha value is -0.550. The maximum absolute atomic E-state index is 12.5. The van der Waals surface area contributed by atoms with Gasteiger partial charge in [0.1, 0.15) is 0 Å². The number of hydrogen-bond donors (Lipinski definition) is 0. The normalized spacial score (nSPS) is 16.3. The molecule has 0 N–H and O–H groups in total. The zero-order valence-corrected chi connectivity index (χ0v) is 15.0. The Kier molecular flexibility index (Phi) is 6.11. The summed E-state index contributed by atoms with van der Waals surface area (Å²) in [7, 11) is -3.19. The molecule has 0 aromatic heterocycles. The lowest BCUT2D eigenvalue weighted by molar-refractivity contribution is 0.589. The zero-order valence-electron chi connectivity index (χ0n) is 12.6. The largest absolute Gasteiger partial charge is 0.367 e. The van der Waals surface area contributed by atoms with Gasteiger partial charge in [-0.2, -0.15) is 0 Å². The second kappa shape index (κ2) is 7.63. The van der Waals surface area contributed by atoms with E-state index in [0.29, 0.717) is 17.4 Å². The van der Waals surface area contributed by atoms with E-state index in [0.717, 1.165) is 30.4 Å². The van der Waals surface area contributed by atoms with Crippen LogP contribution in [-0.2, 0) is 9.84 Å². The van der Waals surface area contributed by atoms with Crippen molar-refractivity contribution < 1.29 is 8.42 Å². The summed E-state index contributed by atoms with van der Waals surface area (Å²) in [5.41, 5.74) is 0.886. The highest BCUT2D eigenvalue weighted by molar-refractivity contribution is 9.09. The Morgan fingerprint density at radius 1 is 1.24 bits per heavy atom. The third-order valence-corrected chi connectivity index (χ3v) is 6.39. The summed E-state index contributed by atoms with van der Waals surface area (Å²) in [6.45, 7) is 2.76. The molecule has 1 saturated carbocycles. The van der Waals surface area contributed by atoms with Gasteiger partial charge < -0.3 is 4.90 Å². The Morgan fingerprint density at radius 2 is 1.90 bits per heavy atom. The van der Waals surface area contributed by atoms with Gasteiger partial charge in [-0.05, 0) is 31.4 Å². The molecule has 0 atom stereocenters. The van der Waals surface area contributed by atoms with Gasteiger partial charge in [0, 0.05) is 17.9 Å². The van der Waals surface area contributed by atoms with Gasteiger partial charge >= 0.3 is 0 Å². The van der Waals surface area contributed by atoms with Crippen LogP contribution in [0.1, 0.15) is 39.0 Å². The first-order valence-corrected chi connectivity index (χ1v) is 10.5. The minimum atomic E-state index is -3.19. The molecule has 0 radical (unpaired) electrons. The lowest BCUT2D eigenvalue weighted by Gasteiger charge is -2.32. The van der Waals surface area contributed by atoms with Gasteiger partial charge in [-0.3, -0.25) is 0 Å². The summed E-state index contributed by atoms with van der Waals surface area (Å²) < 4.78 is 25.1. The molecular weight excluding hydrogens is 350 g/mol. The Balaban J connectivity index is 2.40. The molecule has 0 amide bonds. The highest BCUT2D eigenvalue weighted by Gasteiger charge is 2.27. The monoisotopic (exact) mass is 373 g/mol. The second-order valence-corrected chi connectivity index (χ2v) is 8.48. The van der Waals surface area contributed by atoms with E-state index >= 15 is 0 Å². The molecule has 5 heteroatoms. The number of sulfone groups is 1. The zero-order chi connectivity index (χ0) is 15.3. The van der Waals surface area contributed by atoms with Crippen LogP contribution in [0.25, 0.3) is 0 Å². The third kappa shape index (κ3) is 4.01. The van der Waals surface area contributed by atoms with E-state index in [-0.39, 0.29) is 5.75 Å². The molecule has 2 rings (SSSR count). The van der Waals surface area contributed by atoms with Crippen molar-refractivity contribution in [1.82, 2.24) is 0 Å². The average Bonchev–Trinajstić information content (AvgIpc) is 2.98. The Bertz CT molecular complexity index is 553. The van der Waals surface area contributed by atoms with Gasteiger partial charge in [0.15, 0.2) is 9.84 Å². The summed E-state index contributed by atoms with van der Waals surface area (Å²) in [6.07, 6.45) is 5.46. The van der Waals surface area contributed by atoms with Crippen molar-refractivity contribution in [2.45, 2.75) is 50.0 Å². The number of halogens is 1. The molecule has 0 saturated heterocycles. The predicted octanol–water partition coefficient (Wildman–Crippen LogP) is 4.01. The van der Waals surface area contributed by atoms with Gasteiger partial charge in [0.05, 0.1) is 16.3 Å². The number of nitrogens with zero attached hydrogens (tertiary/aromatic N) is 1. The van der Waals surface area contributed by atoms with Gasteiger partial charge in [-0.1, -0.05) is 47.8 Å².